The summed E-state index contributed by atoms with van der Waals surface area (Å²) in [5.74, 6) is 0. The molecule has 1 aliphatic heterocycles. The van der Waals surface area contributed by atoms with Crippen molar-refractivity contribution in [2.24, 2.45) is 7.05 Å². The molecule has 3 nitrogen and oxygen atoms in total. The van der Waals surface area contributed by atoms with E-state index in [1.165, 1.54) is 0 Å². The molecule has 1 fully saturated rings. The smallest absolute Gasteiger partial charge is 0.132 e. The summed E-state index contributed by atoms with van der Waals surface area (Å²) in [7, 11) is 1.83. The van der Waals surface area contributed by atoms with E-state index in [-0.39, 0.29) is 6.10 Å². The fourth-order valence-electron chi connectivity index (χ4n) is 1.23. The summed E-state index contributed by atoms with van der Waals surface area (Å²) in [6, 6.07) is 0. The van der Waals surface area contributed by atoms with Gasteiger partial charge in [-0.25, -0.2) is 0 Å². The molecule has 0 aliphatic carbocycles. The number of rotatable bonds is 1. The highest BCUT2D eigenvalue weighted by molar-refractivity contribution is 6.30. The molecule has 0 spiro atoms. The number of ether oxygens (including phenoxy) is 1. The van der Waals surface area contributed by atoms with Crippen molar-refractivity contribution in [2.45, 2.75) is 13.0 Å². The Hall–Kier alpha value is -0.540. The van der Waals surface area contributed by atoms with Crippen LogP contribution in [-0.2, 0) is 11.8 Å². The predicted octanol–water partition coefficient (Wildman–Crippen LogP) is 1.45. The summed E-state index contributed by atoms with van der Waals surface area (Å²) < 4.78 is 6.81. The molecule has 0 radical (unpaired) electrons. The Bertz CT molecular complexity index is 291. The normalized spacial score (nSPS) is 22.3. The highest BCUT2D eigenvalue weighted by Gasteiger charge is 2.31. The zero-order valence-corrected chi connectivity index (χ0v) is 7.22. The lowest BCUT2D eigenvalue weighted by Crippen LogP contribution is -1.89. The van der Waals surface area contributed by atoms with Gasteiger partial charge in [0.15, 0.2) is 0 Å². The van der Waals surface area contributed by atoms with E-state index >= 15 is 0 Å². The van der Waals surface area contributed by atoms with Crippen LogP contribution in [-0.4, -0.2) is 16.4 Å². The van der Waals surface area contributed by atoms with Gasteiger partial charge in [-0.15, -0.1) is 0 Å². The third-order valence-electron chi connectivity index (χ3n) is 1.85. The summed E-state index contributed by atoms with van der Waals surface area (Å²) in [4.78, 5) is 0. The maximum Gasteiger partial charge on any atom is 0.132 e. The Morgan fingerprint density at radius 2 is 2.36 bits per heavy atom. The van der Waals surface area contributed by atoms with E-state index in [2.05, 4.69) is 5.10 Å². The second-order valence-electron chi connectivity index (χ2n) is 2.74. The van der Waals surface area contributed by atoms with Crippen LogP contribution >= 0.6 is 11.6 Å². The number of halogens is 1. The standard InChI is InChI=1S/C7H9ClN2O/c1-4-6(5-3-11-5)7(8)10(2)9-4/h5H,3H2,1-2H3. The van der Waals surface area contributed by atoms with E-state index in [0.717, 1.165) is 17.9 Å². The van der Waals surface area contributed by atoms with Gasteiger partial charge in [0.2, 0.25) is 0 Å². The Kier molecular flexibility index (Phi) is 1.44. The van der Waals surface area contributed by atoms with E-state index in [1.807, 2.05) is 14.0 Å². The Balaban J connectivity index is 2.50. The number of nitrogens with zero attached hydrogens (tertiary/aromatic N) is 2. The van der Waals surface area contributed by atoms with E-state index in [4.69, 9.17) is 16.3 Å². The van der Waals surface area contributed by atoms with Crippen LogP contribution in [0.15, 0.2) is 0 Å². The minimum atomic E-state index is 0.205. The van der Waals surface area contributed by atoms with Gasteiger partial charge < -0.3 is 4.74 Å². The van der Waals surface area contributed by atoms with Gasteiger partial charge in [-0.05, 0) is 6.92 Å². The van der Waals surface area contributed by atoms with Gasteiger partial charge in [-0.2, -0.15) is 5.10 Å². The number of epoxide rings is 1. The van der Waals surface area contributed by atoms with Crippen molar-refractivity contribution in [1.82, 2.24) is 9.78 Å². The van der Waals surface area contributed by atoms with Gasteiger partial charge >= 0.3 is 0 Å². The van der Waals surface area contributed by atoms with Gasteiger partial charge in [0.25, 0.3) is 0 Å². The fraction of sp³-hybridized carbons (Fsp3) is 0.571. The van der Waals surface area contributed by atoms with Crippen LogP contribution < -0.4 is 0 Å². The van der Waals surface area contributed by atoms with Crippen molar-refractivity contribution in [3.8, 4) is 0 Å². The SMILES string of the molecule is Cc1nn(C)c(Cl)c1C1CO1. The van der Waals surface area contributed by atoms with Crippen LogP contribution in [0.3, 0.4) is 0 Å². The molecule has 1 aromatic heterocycles. The maximum atomic E-state index is 5.97. The molecule has 0 N–H and O–H groups in total. The van der Waals surface area contributed by atoms with Crippen molar-refractivity contribution in [3.63, 3.8) is 0 Å². The molecule has 0 aromatic carbocycles. The minimum absolute atomic E-state index is 0.205. The van der Waals surface area contributed by atoms with Gasteiger partial charge in [-0.3, -0.25) is 4.68 Å². The van der Waals surface area contributed by atoms with Crippen LogP contribution in [0.1, 0.15) is 17.4 Å². The van der Waals surface area contributed by atoms with Crippen molar-refractivity contribution < 1.29 is 4.74 Å². The molecule has 2 heterocycles. The molecule has 0 amide bonds. The van der Waals surface area contributed by atoms with E-state index in [1.54, 1.807) is 4.68 Å². The van der Waals surface area contributed by atoms with E-state index in [9.17, 15) is 0 Å². The predicted molar refractivity (Wildman–Crippen MR) is 41.6 cm³/mol. The molecule has 60 valence electrons. The summed E-state index contributed by atoms with van der Waals surface area (Å²) in [6.07, 6.45) is 0.205. The molecule has 4 heteroatoms. The quantitative estimate of drug-likeness (QED) is 0.601. The third kappa shape index (κ3) is 1.04. The molecule has 1 atom stereocenters. The largest absolute Gasteiger partial charge is 0.368 e. The third-order valence-corrected chi connectivity index (χ3v) is 2.30. The molecule has 0 saturated carbocycles. The number of aryl methyl sites for hydroxylation is 2. The lowest BCUT2D eigenvalue weighted by atomic mass is 10.2. The second kappa shape index (κ2) is 2.22. The van der Waals surface area contributed by atoms with E-state index in [0.29, 0.717) is 5.15 Å². The first-order chi connectivity index (χ1) is 5.20. The average molecular weight is 173 g/mol. The summed E-state index contributed by atoms with van der Waals surface area (Å²) >= 11 is 5.97. The average Bonchev–Trinajstić information content (AvgIpc) is 2.68. The van der Waals surface area contributed by atoms with Crippen molar-refractivity contribution >= 4 is 11.6 Å². The maximum absolute atomic E-state index is 5.97. The van der Waals surface area contributed by atoms with E-state index < -0.39 is 0 Å². The van der Waals surface area contributed by atoms with Crippen LogP contribution in [0.5, 0.6) is 0 Å². The van der Waals surface area contributed by atoms with Crippen LogP contribution in [0, 0.1) is 6.92 Å². The zero-order chi connectivity index (χ0) is 8.01. The van der Waals surface area contributed by atoms with Gasteiger partial charge in [0.1, 0.15) is 11.3 Å². The summed E-state index contributed by atoms with van der Waals surface area (Å²) in [6.45, 7) is 2.73. The number of hydrogen-bond acceptors (Lipinski definition) is 2. The minimum Gasteiger partial charge on any atom is -0.368 e. The first-order valence-electron chi connectivity index (χ1n) is 3.50. The van der Waals surface area contributed by atoms with Gasteiger partial charge in [0, 0.05) is 12.6 Å². The fourth-order valence-corrected chi connectivity index (χ4v) is 1.52. The highest BCUT2D eigenvalue weighted by atomic mass is 35.5. The summed E-state index contributed by atoms with van der Waals surface area (Å²) in [5.41, 5.74) is 2.02. The second-order valence-corrected chi connectivity index (χ2v) is 3.09. The first-order valence-corrected chi connectivity index (χ1v) is 3.88. The molecule has 2 rings (SSSR count). The van der Waals surface area contributed by atoms with Crippen LogP contribution in [0.25, 0.3) is 0 Å². The number of aromatic nitrogens is 2. The molecular formula is C7H9ClN2O. The van der Waals surface area contributed by atoms with Gasteiger partial charge in [0.05, 0.1) is 12.3 Å². The number of hydrogen-bond donors (Lipinski definition) is 0. The topological polar surface area (TPSA) is 30.4 Å². The molecule has 1 saturated heterocycles. The van der Waals surface area contributed by atoms with Crippen molar-refractivity contribution in [2.75, 3.05) is 6.61 Å². The monoisotopic (exact) mass is 172 g/mol. The molecule has 1 aromatic rings. The van der Waals surface area contributed by atoms with Gasteiger partial charge in [-0.1, -0.05) is 11.6 Å². The lowest BCUT2D eigenvalue weighted by Gasteiger charge is -1.92. The summed E-state index contributed by atoms with van der Waals surface area (Å²) in [5, 5.41) is 4.88. The van der Waals surface area contributed by atoms with Crippen LogP contribution in [0.4, 0.5) is 0 Å². The molecule has 1 unspecified atom stereocenters. The van der Waals surface area contributed by atoms with Crippen molar-refractivity contribution in [3.05, 3.63) is 16.4 Å². The zero-order valence-electron chi connectivity index (χ0n) is 6.47. The molecule has 1 aliphatic rings. The highest BCUT2D eigenvalue weighted by Crippen LogP contribution is 2.36. The Morgan fingerprint density at radius 1 is 1.73 bits per heavy atom. The van der Waals surface area contributed by atoms with Crippen LogP contribution in [0.2, 0.25) is 5.15 Å². The lowest BCUT2D eigenvalue weighted by molar-refractivity contribution is 0.415. The Morgan fingerprint density at radius 3 is 2.73 bits per heavy atom. The molecule has 11 heavy (non-hydrogen) atoms. The first kappa shape index (κ1) is 7.13. The van der Waals surface area contributed by atoms with Crippen molar-refractivity contribution in [1.29, 1.82) is 0 Å². The molecule has 0 bridgehead atoms. The molecular weight excluding hydrogens is 164 g/mol. The Labute approximate surface area is 69.9 Å².